The van der Waals surface area contributed by atoms with E-state index in [4.69, 9.17) is 4.74 Å². The Morgan fingerprint density at radius 3 is 2.59 bits per heavy atom. The van der Waals surface area contributed by atoms with Gasteiger partial charge < -0.3 is 14.6 Å². The van der Waals surface area contributed by atoms with Crippen molar-refractivity contribution in [2.45, 2.75) is 50.7 Å². The van der Waals surface area contributed by atoms with E-state index in [1.54, 1.807) is 18.6 Å². The number of carbonyl (C=O) groups excluding carboxylic acids is 1. The molecule has 1 unspecified atom stereocenters. The third kappa shape index (κ3) is 5.13. The molecule has 32 heavy (non-hydrogen) atoms. The maximum absolute atomic E-state index is 13.0. The Balaban J connectivity index is 1.16. The standard InChI is InChI=1S/C26H34N4O2/c31-26(8-7-23-16-27-19-28-23)30(18-25-6-3-13-32-25)17-20-9-11-29(12-10-20)24-14-21-4-1-2-5-22(21)15-24/h1-2,4-5,7-8,16,19-20,24-25H,3,6,9-15,17-18H2,(H,27,28)/b8-7+. The molecule has 0 spiro atoms. The fraction of sp³-hybridized carbons (Fsp3) is 0.538. The molecule has 6 nitrogen and oxygen atoms in total. The Morgan fingerprint density at radius 1 is 1.16 bits per heavy atom. The first kappa shape index (κ1) is 21.4. The summed E-state index contributed by atoms with van der Waals surface area (Å²) in [4.78, 5) is 24.8. The van der Waals surface area contributed by atoms with Gasteiger partial charge in [0, 0.05) is 31.8 Å². The highest BCUT2D eigenvalue weighted by molar-refractivity contribution is 5.91. The highest BCUT2D eigenvalue weighted by Gasteiger charge is 2.31. The van der Waals surface area contributed by atoms with Gasteiger partial charge in [0.25, 0.3) is 0 Å². The number of carbonyl (C=O) groups is 1. The third-order valence-electron chi connectivity index (χ3n) is 7.36. The van der Waals surface area contributed by atoms with Gasteiger partial charge in [0.15, 0.2) is 0 Å². The molecule has 3 heterocycles. The van der Waals surface area contributed by atoms with E-state index in [1.165, 1.54) is 24.0 Å². The molecule has 3 aliphatic rings. The Morgan fingerprint density at radius 2 is 1.94 bits per heavy atom. The molecule has 0 radical (unpaired) electrons. The summed E-state index contributed by atoms with van der Waals surface area (Å²) in [7, 11) is 0. The summed E-state index contributed by atoms with van der Waals surface area (Å²) in [5.74, 6) is 0.629. The molecule has 0 bridgehead atoms. The molecule has 1 N–H and O–H groups in total. The lowest BCUT2D eigenvalue weighted by Crippen LogP contribution is -2.46. The predicted octanol–water partition coefficient (Wildman–Crippen LogP) is 3.31. The number of aromatic amines is 1. The number of ether oxygens (including phenoxy) is 1. The monoisotopic (exact) mass is 434 g/mol. The van der Waals surface area contributed by atoms with Crippen LogP contribution in [0, 0.1) is 5.92 Å². The van der Waals surface area contributed by atoms with Crippen LogP contribution in [0.5, 0.6) is 0 Å². The molecule has 1 aliphatic carbocycles. The Labute approximate surface area is 190 Å². The van der Waals surface area contributed by atoms with E-state index < -0.39 is 0 Å². The summed E-state index contributed by atoms with van der Waals surface area (Å²) in [6.45, 7) is 4.61. The van der Waals surface area contributed by atoms with E-state index in [9.17, 15) is 4.79 Å². The van der Waals surface area contributed by atoms with Gasteiger partial charge in [-0.25, -0.2) is 4.98 Å². The molecule has 6 heteroatoms. The van der Waals surface area contributed by atoms with Gasteiger partial charge in [-0.2, -0.15) is 0 Å². The van der Waals surface area contributed by atoms with Crippen LogP contribution < -0.4 is 0 Å². The zero-order chi connectivity index (χ0) is 21.8. The number of imidazole rings is 1. The number of hydrogen-bond donors (Lipinski definition) is 1. The molecular weight excluding hydrogens is 400 g/mol. The summed E-state index contributed by atoms with van der Waals surface area (Å²) in [5.41, 5.74) is 3.90. The van der Waals surface area contributed by atoms with Gasteiger partial charge in [-0.15, -0.1) is 0 Å². The number of piperidine rings is 1. The average molecular weight is 435 g/mol. The summed E-state index contributed by atoms with van der Waals surface area (Å²) < 4.78 is 5.85. The van der Waals surface area contributed by atoms with Crippen molar-refractivity contribution >= 4 is 12.0 Å². The van der Waals surface area contributed by atoms with Crippen LogP contribution in [-0.4, -0.2) is 70.6 Å². The third-order valence-corrected chi connectivity index (χ3v) is 7.36. The molecule has 2 fully saturated rings. The van der Waals surface area contributed by atoms with Crippen molar-refractivity contribution in [1.29, 1.82) is 0 Å². The van der Waals surface area contributed by atoms with E-state index >= 15 is 0 Å². The fourth-order valence-electron chi connectivity index (χ4n) is 5.52. The van der Waals surface area contributed by atoms with Gasteiger partial charge in [0.2, 0.25) is 5.91 Å². The summed E-state index contributed by atoms with van der Waals surface area (Å²) in [6.07, 6.45) is 13.9. The first-order valence-electron chi connectivity index (χ1n) is 12.1. The van der Waals surface area contributed by atoms with Gasteiger partial charge in [-0.1, -0.05) is 24.3 Å². The van der Waals surface area contributed by atoms with Crippen molar-refractivity contribution in [2.75, 3.05) is 32.8 Å². The molecular formula is C26H34N4O2. The minimum atomic E-state index is 0.0729. The number of fused-ring (bicyclic) bond motifs is 1. The lowest BCUT2D eigenvalue weighted by molar-refractivity contribution is -0.128. The van der Waals surface area contributed by atoms with Crippen molar-refractivity contribution in [3.8, 4) is 0 Å². The number of aromatic nitrogens is 2. The fourth-order valence-corrected chi connectivity index (χ4v) is 5.52. The number of nitrogens with one attached hydrogen (secondary N) is 1. The maximum atomic E-state index is 13.0. The summed E-state index contributed by atoms with van der Waals surface area (Å²) in [6, 6.07) is 9.54. The second kappa shape index (κ2) is 10.0. The van der Waals surface area contributed by atoms with Gasteiger partial charge in [-0.05, 0) is 74.7 Å². The van der Waals surface area contributed by atoms with Crippen molar-refractivity contribution < 1.29 is 9.53 Å². The van der Waals surface area contributed by atoms with Crippen LogP contribution in [0.4, 0.5) is 0 Å². The topological polar surface area (TPSA) is 61.5 Å². The van der Waals surface area contributed by atoms with Crippen LogP contribution in [0.2, 0.25) is 0 Å². The molecule has 2 aliphatic heterocycles. The second-order valence-corrected chi connectivity index (χ2v) is 9.53. The van der Waals surface area contributed by atoms with E-state index in [1.807, 2.05) is 11.0 Å². The zero-order valence-corrected chi connectivity index (χ0v) is 18.8. The molecule has 2 saturated heterocycles. The Hall–Kier alpha value is -2.44. The zero-order valence-electron chi connectivity index (χ0n) is 18.8. The van der Waals surface area contributed by atoms with Gasteiger partial charge in [0.05, 0.1) is 24.3 Å². The molecule has 1 aromatic heterocycles. The Bertz CT molecular complexity index is 887. The quantitative estimate of drug-likeness (QED) is 0.679. The lowest BCUT2D eigenvalue weighted by atomic mass is 9.94. The van der Waals surface area contributed by atoms with Crippen molar-refractivity contribution in [3.63, 3.8) is 0 Å². The largest absolute Gasteiger partial charge is 0.376 e. The molecule has 1 amide bonds. The normalized spacial score (nSPS) is 22.6. The molecule has 5 rings (SSSR count). The van der Waals surface area contributed by atoms with Crippen molar-refractivity contribution in [1.82, 2.24) is 19.8 Å². The highest BCUT2D eigenvalue weighted by Crippen LogP contribution is 2.29. The van der Waals surface area contributed by atoms with Crippen LogP contribution in [0.3, 0.4) is 0 Å². The number of amides is 1. The highest BCUT2D eigenvalue weighted by atomic mass is 16.5. The number of benzene rings is 1. The van der Waals surface area contributed by atoms with Gasteiger partial charge in [0.1, 0.15) is 0 Å². The van der Waals surface area contributed by atoms with E-state index in [0.717, 1.165) is 57.6 Å². The minimum Gasteiger partial charge on any atom is -0.376 e. The SMILES string of the molecule is O=C(/C=C/c1cnc[nH]1)N(CC1CCN(C2Cc3ccccc3C2)CC1)CC1CCCO1. The van der Waals surface area contributed by atoms with E-state index in [2.05, 4.69) is 39.1 Å². The molecule has 0 saturated carbocycles. The van der Waals surface area contributed by atoms with Crippen LogP contribution in [-0.2, 0) is 22.4 Å². The van der Waals surface area contributed by atoms with Crippen molar-refractivity contribution in [2.24, 2.45) is 5.92 Å². The van der Waals surface area contributed by atoms with Crippen LogP contribution in [0.25, 0.3) is 6.08 Å². The average Bonchev–Trinajstić information content (AvgIpc) is 3.59. The number of H-pyrrole nitrogens is 1. The smallest absolute Gasteiger partial charge is 0.246 e. The van der Waals surface area contributed by atoms with E-state index in [0.29, 0.717) is 18.5 Å². The number of nitrogens with zero attached hydrogens (tertiary/aromatic N) is 3. The van der Waals surface area contributed by atoms with Crippen molar-refractivity contribution in [3.05, 3.63) is 59.7 Å². The number of likely N-dealkylation sites (tertiary alicyclic amines) is 1. The molecule has 1 atom stereocenters. The molecule has 170 valence electrons. The first-order chi connectivity index (χ1) is 15.7. The Kier molecular flexibility index (Phi) is 6.69. The maximum Gasteiger partial charge on any atom is 0.246 e. The second-order valence-electron chi connectivity index (χ2n) is 9.53. The predicted molar refractivity (Wildman–Crippen MR) is 125 cm³/mol. The molecule has 2 aromatic rings. The number of rotatable bonds is 7. The molecule has 1 aromatic carbocycles. The van der Waals surface area contributed by atoms with Crippen LogP contribution in [0.1, 0.15) is 42.5 Å². The summed E-state index contributed by atoms with van der Waals surface area (Å²) in [5, 5.41) is 0. The number of hydrogen-bond acceptors (Lipinski definition) is 4. The first-order valence-corrected chi connectivity index (χ1v) is 12.1. The van der Waals surface area contributed by atoms with E-state index in [-0.39, 0.29) is 12.0 Å². The van der Waals surface area contributed by atoms with Crippen LogP contribution in [0.15, 0.2) is 42.9 Å². The minimum absolute atomic E-state index is 0.0729. The van der Waals surface area contributed by atoms with Gasteiger partial charge >= 0.3 is 0 Å². The van der Waals surface area contributed by atoms with Crippen LogP contribution >= 0.6 is 0 Å². The summed E-state index contributed by atoms with van der Waals surface area (Å²) >= 11 is 0. The lowest BCUT2D eigenvalue weighted by Gasteiger charge is -2.38. The van der Waals surface area contributed by atoms with Gasteiger partial charge in [-0.3, -0.25) is 9.69 Å².